The summed E-state index contributed by atoms with van der Waals surface area (Å²) in [6, 6.07) is 12.5. The van der Waals surface area contributed by atoms with Gasteiger partial charge in [-0.3, -0.25) is 9.59 Å². The number of amides is 2. The number of halogens is 2. The summed E-state index contributed by atoms with van der Waals surface area (Å²) in [7, 11) is 0. The highest BCUT2D eigenvalue weighted by molar-refractivity contribution is 9.10. The molecule has 1 N–H and O–H groups in total. The highest BCUT2D eigenvalue weighted by Gasteiger charge is 2.29. The summed E-state index contributed by atoms with van der Waals surface area (Å²) in [4.78, 5) is 27.8. The van der Waals surface area contributed by atoms with Gasteiger partial charge in [-0.25, -0.2) is 0 Å². The lowest BCUT2D eigenvalue weighted by atomic mass is 10.1. The fourth-order valence-corrected chi connectivity index (χ4v) is 3.98. The topological polar surface area (TPSA) is 58.6 Å². The van der Waals surface area contributed by atoms with E-state index < -0.39 is 6.04 Å². The van der Waals surface area contributed by atoms with E-state index in [1.165, 1.54) is 0 Å². The number of carbonyl (C=O) groups excluding carboxylic acids is 2. The van der Waals surface area contributed by atoms with Crippen molar-refractivity contribution < 1.29 is 14.3 Å². The molecule has 0 radical (unpaired) electrons. The van der Waals surface area contributed by atoms with Gasteiger partial charge < -0.3 is 15.0 Å². The molecule has 5 nitrogen and oxygen atoms in total. The molecule has 0 unspecified atom stereocenters. The molecule has 0 heterocycles. The van der Waals surface area contributed by atoms with Gasteiger partial charge in [0.1, 0.15) is 11.8 Å². The van der Waals surface area contributed by atoms with Crippen LogP contribution in [0, 0.1) is 6.92 Å². The predicted molar refractivity (Wildman–Crippen MR) is 128 cm³/mol. The van der Waals surface area contributed by atoms with Crippen LogP contribution in [0.2, 0.25) is 5.02 Å². The first-order chi connectivity index (χ1) is 14.7. The summed E-state index contributed by atoms with van der Waals surface area (Å²) in [5, 5.41) is 3.58. The maximum absolute atomic E-state index is 13.2. The molecule has 2 atom stereocenters. The Bertz CT molecular complexity index is 906. The maximum Gasteiger partial charge on any atom is 0.261 e. The monoisotopic (exact) mass is 508 g/mol. The van der Waals surface area contributed by atoms with Crippen LogP contribution in [-0.4, -0.2) is 35.4 Å². The molecule has 7 heteroatoms. The van der Waals surface area contributed by atoms with Gasteiger partial charge >= 0.3 is 0 Å². The van der Waals surface area contributed by atoms with Crippen molar-refractivity contribution >= 4 is 39.3 Å². The minimum Gasteiger partial charge on any atom is -0.483 e. The van der Waals surface area contributed by atoms with Crippen molar-refractivity contribution in [3.63, 3.8) is 0 Å². The van der Waals surface area contributed by atoms with Gasteiger partial charge in [0, 0.05) is 17.6 Å². The smallest absolute Gasteiger partial charge is 0.261 e. The average molecular weight is 510 g/mol. The Morgan fingerprint density at radius 1 is 1.16 bits per heavy atom. The molecular weight excluding hydrogens is 480 g/mol. The predicted octanol–water partition coefficient (Wildman–Crippen LogP) is 5.51. The SMILES string of the molecule is CC[C@@H](C)NC(=O)[C@@H](CC)N(Cc1cccc(C)c1)C(=O)COc1ccc(Cl)cc1Br. The van der Waals surface area contributed by atoms with E-state index in [9.17, 15) is 9.59 Å². The molecule has 2 aromatic carbocycles. The van der Waals surface area contributed by atoms with Crippen molar-refractivity contribution in [1.82, 2.24) is 10.2 Å². The zero-order valence-electron chi connectivity index (χ0n) is 18.5. The fraction of sp³-hybridized carbons (Fsp3) is 0.417. The van der Waals surface area contributed by atoms with Crippen molar-refractivity contribution in [3.8, 4) is 5.75 Å². The lowest BCUT2D eigenvalue weighted by molar-refractivity contribution is -0.143. The molecule has 2 rings (SSSR count). The van der Waals surface area contributed by atoms with Gasteiger partial charge in [-0.2, -0.15) is 0 Å². The Kier molecular flexibility index (Phi) is 9.85. The molecule has 0 aliphatic heterocycles. The molecule has 168 valence electrons. The third-order valence-electron chi connectivity index (χ3n) is 5.07. The lowest BCUT2D eigenvalue weighted by Gasteiger charge is -2.31. The summed E-state index contributed by atoms with van der Waals surface area (Å²) < 4.78 is 6.41. The van der Waals surface area contributed by atoms with E-state index in [0.29, 0.717) is 28.2 Å². The second kappa shape index (κ2) is 12.1. The van der Waals surface area contributed by atoms with Crippen LogP contribution in [-0.2, 0) is 16.1 Å². The normalized spacial score (nSPS) is 12.7. The first-order valence-corrected chi connectivity index (χ1v) is 11.6. The Balaban J connectivity index is 2.23. The van der Waals surface area contributed by atoms with Gasteiger partial charge in [0.15, 0.2) is 6.61 Å². The number of nitrogens with zero attached hydrogens (tertiary/aromatic N) is 1. The van der Waals surface area contributed by atoms with Gasteiger partial charge in [-0.1, -0.05) is 55.3 Å². The largest absolute Gasteiger partial charge is 0.483 e. The van der Waals surface area contributed by atoms with Crippen LogP contribution in [0.3, 0.4) is 0 Å². The van der Waals surface area contributed by atoms with Crippen molar-refractivity contribution in [2.75, 3.05) is 6.61 Å². The summed E-state index contributed by atoms with van der Waals surface area (Å²) in [5.41, 5.74) is 2.07. The van der Waals surface area contributed by atoms with Crippen LogP contribution < -0.4 is 10.1 Å². The maximum atomic E-state index is 13.2. The number of hydrogen-bond donors (Lipinski definition) is 1. The minimum atomic E-state index is -0.584. The lowest BCUT2D eigenvalue weighted by Crippen LogP contribution is -2.51. The molecule has 0 aliphatic rings. The molecule has 0 fully saturated rings. The van der Waals surface area contributed by atoms with Crippen LogP contribution in [0.15, 0.2) is 46.9 Å². The van der Waals surface area contributed by atoms with Crippen LogP contribution in [0.5, 0.6) is 5.75 Å². The quantitative estimate of drug-likeness (QED) is 0.459. The highest BCUT2D eigenvalue weighted by Crippen LogP contribution is 2.28. The van der Waals surface area contributed by atoms with Gasteiger partial charge in [-0.15, -0.1) is 0 Å². The molecular formula is C24H30BrClN2O3. The van der Waals surface area contributed by atoms with Crippen molar-refractivity contribution in [2.24, 2.45) is 0 Å². The molecule has 0 saturated heterocycles. The van der Waals surface area contributed by atoms with Crippen molar-refractivity contribution in [1.29, 1.82) is 0 Å². The Hall–Kier alpha value is -2.05. The molecule has 0 aromatic heterocycles. The molecule has 0 aliphatic carbocycles. The molecule has 31 heavy (non-hydrogen) atoms. The average Bonchev–Trinajstić information content (AvgIpc) is 2.72. The summed E-state index contributed by atoms with van der Waals surface area (Å²) in [6.07, 6.45) is 1.33. The third-order valence-corrected chi connectivity index (χ3v) is 5.92. The number of rotatable bonds is 10. The fourth-order valence-electron chi connectivity index (χ4n) is 3.18. The summed E-state index contributed by atoms with van der Waals surface area (Å²) in [5.74, 6) is 0.116. The Morgan fingerprint density at radius 3 is 2.52 bits per heavy atom. The molecule has 2 aromatic rings. The molecule has 0 spiro atoms. The zero-order chi connectivity index (χ0) is 23.0. The first-order valence-electron chi connectivity index (χ1n) is 10.5. The number of aryl methyl sites for hydroxylation is 1. The van der Waals surface area contributed by atoms with Gasteiger partial charge in [0.05, 0.1) is 4.47 Å². The Morgan fingerprint density at radius 2 is 1.90 bits per heavy atom. The van der Waals surface area contributed by atoms with E-state index in [4.69, 9.17) is 16.3 Å². The Labute approximate surface area is 198 Å². The van der Waals surface area contributed by atoms with E-state index in [-0.39, 0.29) is 24.5 Å². The number of carbonyl (C=O) groups is 2. The third kappa shape index (κ3) is 7.54. The number of hydrogen-bond acceptors (Lipinski definition) is 3. The van der Waals surface area contributed by atoms with E-state index in [2.05, 4.69) is 21.2 Å². The number of ether oxygens (including phenoxy) is 1. The van der Waals surface area contributed by atoms with Crippen LogP contribution in [0.1, 0.15) is 44.7 Å². The second-order valence-corrected chi connectivity index (χ2v) is 8.91. The first kappa shape index (κ1) is 25.2. The van der Waals surface area contributed by atoms with E-state index in [0.717, 1.165) is 17.5 Å². The summed E-state index contributed by atoms with van der Waals surface area (Å²) in [6.45, 7) is 8.03. The molecule has 2 amide bonds. The van der Waals surface area contributed by atoms with E-state index in [1.54, 1.807) is 23.1 Å². The minimum absolute atomic E-state index is 0.0405. The summed E-state index contributed by atoms with van der Waals surface area (Å²) >= 11 is 9.37. The van der Waals surface area contributed by atoms with Gasteiger partial charge in [0.2, 0.25) is 5.91 Å². The standard InChI is InChI=1S/C24H30BrClN2O3/c1-5-17(4)27-24(30)21(6-2)28(14-18-9-7-8-16(3)12-18)23(29)15-31-22-11-10-19(26)13-20(22)25/h7-13,17,21H,5-6,14-15H2,1-4H3,(H,27,30)/t17-,21-/m1/s1. The number of benzene rings is 2. The van der Waals surface area contributed by atoms with Crippen molar-refractivity contribution in [3.05, 3.63) is 63.1 Å². The molecule has 0 bridgehead atoms. The van der Waals surface area contributed by atoms with Crippen LogP contribution in [0.25, 0.3) is 0 Å². The number of nitrogens with one attached hydrogen (secondary N) is 1. The highest BCUT2D eigenvalue weighted by atomic mass is 79.9. The van der Waals surface area contributed by atoms with E-state index >= 15 is 0 Å². The second-order valence-electron chi connectivity index (χ2n) is 7.62. The van der Waals surface area contributed by atoms with Crippen LogP contribution >= 0.6 is 27.5 Å². The van der Waals surface area contributed by atoms with Gasteiger partial charge in [-0.05, 0) is 66.4 Å². The van der Waals surface area contributed by atoms with Crippen LogP contribution in [0.4, 0.5) is 0 Å². The molecule has 0 saturated carbocycles. The van der Waals surface area contributed by atoms with E-state index in [1.807, 2.05) is 52.0 Å². The zero-order valence-corrected chi connectivity index (χ0v) is 20.8. The van der Waals surface area contributed by atoms with Crippen molar-refractivity contribution in [2.45, 2.75) is 59.2 Å². The van der Waals surface area contributed by atoms with Gasteiger partial charge in [0.25, 0.3) is 5.91 Å².